The van der Waals surface area contributed by atoms with E-state index >= 15 is 0 Å². The quantitative estimate of drug-likeness (QED) is 0.733. The van der Waals surface area contributed by atoms with Crippen LogP contribution in [0.5, 0.6) is 0 Å². The molecule has 1 unspecified atom stereocenters. The smallest absolute Gasteiger partial charge is 0.283 e. The van der Waals surface area contributed by atoms with Crippen molar-refractivity contribution in [3.8, 4) is 0 Å². The van der Waals surface area contributed by atoms with Crippen LogP contribution in [0.1, 0.15) is 5.56 Å². The van der Waals surface area contributed by atoms with E-state index in [1.165, 1.54) is 6.20 Å². The molecule has 0 saturated carbocycles. The molecule has 3 rings (SSSR count). The molecule has 4 nitrogen and oxygen atoms in total. The third-order valence-electron chi connectivity index (χ3n) is 2.87. The molecule has 2 heterocycles. The fourth-order valence-electron chi connectivity index (χ4n) is 1.97. The Morgan fingerprint density at radius 2 is 1.94 bits per heavy atom. The number of carbonyl (C=O) groups is 1. The molecule has 0 bridgehead atoms. The van der Waals surface area contributed by atoms with Gasteiger partial charge in [-0.25, -0.2) is 4.99 Å². The molecule has 0 fully saturated rings. The zero-order chi connectivity index (χ0) is 12.5. The van der Waals surface area contributed by atoms with Crippen molar-refractivity contribution in [2.75, 3.05) is 0 Å². The van der Waals surface area contributed by atoms with Crippen LogP contribution in [0.2, 0.25) is 0 Å². The fourth-order valence-corrected chi connectivity index (χ4v) is 1.97. The maximum atomic E-state index is 11.9. The first-order valence-corrected chi connectivity index (χ1v) is 5.59. The van der Waals surface area contributed by atoms with Gasteiger partial charge in [-0.1, -0.05) is 30.3 Å². The Morgan fingerprint density at radius 1 is 1.17 bits per heavy atom. The number of rotatable bonds is 1. The first kappa shape index (κ1) is 10.8. The molecular weight excluding hydrogens is 228 g/mol. The van der Waals surface area contributed by atoms with Gasteiger partial charge in [-0.3, -0.25) is 4.79 Å². The largest absolute Gasteiger partial charge is 0.624 e. The summed E-state index contributed by atoms with van der Waals surface area (Å²) in [5.74, 6) is -0.357. The maximum Gasteiger partial charge on any atom is 0.283 e. The third kappa shape index (κ3) is 1.73. The predicted octanol–water partition coefficient (Wildman–Crippen LogP) is 0.736. The van der Waals surface area contributed by atoms with Crippen molar-refractivity contribution in [1.82, 2.24) is 0 Å². The average molecular weight is 238 g/mol. The van der Waals surface area contributed by atoms with Gasteiger partial charge in [0.05, 0.1) is 11.9 Å². The lowest BCUT2D eigenvalue weighted by Gasteiger charge is -2.25. The molecule has 0 aromatic heterocycles. The Balaban J connectivity index is 2.08. The molecule has 2 aliphatic rings. The number of quaternary nitrogens is 1. The SMILES string of the molecule is O=C1N=C(c2ccccc2)C=C2C1=CC=C[NH+]2[O-]. The fraction of sp³-hybridized carbons (Fsp3) is 0. The third-order valence-corrected chi connectivity index (χ3v) is 2.87. The van der Waals surface area contributed by atoms with Crippen LogP contribution in [0.25, 0.3) is 0 Å². The lowest BCUT2D eigenvalue weighted by Crippen LogP contribution is -3.01. The van der Waals surface area contributed by atoms with Crippen molar-refractivity contribution >= 4 is 11.6 Å². The standard InChI is InChI=1S/C14H10N2O2/c17-14-11-7-4-8-16(18)13(11)9-12(15-14)10-5-2-1-3-6-10/h1-9,16H. The van der Waals surface area contributed by atoms with Gasteiger partial charge < -0.3 is 10.3 Å². The minimum absolute atomic E-state index is 0.149. The number of carbonyl (C=O) groups excluding carboxylic acids is 1. The number of nitrogens with one attached hydrogen (secondary N) is 1. The van der Waals surface area contributed by atoms with E-state index in [0.29, 0.717) is 17.0 Å². The highest BCUT2D eigenvalue weighted by atomic mass is 16.5. The van der Waals surface area contributed by atoms with Crippen LogP contribution in [-0.4, -0.2) is 11.6 Å². The Bertz CT molecular complexity index is 624. The number of aliphatic imine (C=N–C) groups is 1. The van der Waals surface area contributed by atoms with Crippen LogP contribution in [-0.2, 0) is 4.79 Å². The van der Waals surface area contributed by atoms with E-state index in [0.717, 1.165) is 5.56 Å². The second kappa shape index (κ2) is 4.18. The predicted molar refractivity (Wildman–Crippen MR) is 67.6 cm³/mol. The topological polar surface area (TPSA) is 56.9 Å². The second-order valence-electron chi connectivity index (χ2n) is 4.03. The van der Waals surface area contributed by atoms with Gasteiger partial charge in [-0.2, -0.15) is 0 Å². The molecule has 1 N–H and O–H groups in total. The zero-order valence-corrected chi connectivity index (χ0v) is 9.46. The van der Waals surface area contributed by atoms with Crippen LogP contribution >= 0.6 is 0 Å². The van der Waals surface area contributed by atoms with Crippen molar-refractivity contribution in [3.05, 3.63) is 76.8 Å². The van der Waals surface area contributed by atoms with E-state index in [2.05, 4.69) is 4.99 Å². The molecule has 0 spiro atoms. The summed E-state index contributed by atoms with van der Waals surface area (Å²) < 4.78 is 0. The van der Waals surface area contributed by atoms with Gasteiger partial charge in [0.15, 0.2) is 5.70 Å². The summed E-state index contributed by atoms with van der Waals surface area (Å²) in [6, 6.07) is 9.35. The molecule has 2 aliphatic heterocycles. The summed E-state index contributed by atoms with van der Waals surface area (Å²) in [6.45, 7) is 0. The maximum absolute atomic E-state index is 11.9. The summed E-state index contributed by atoms with van der Waals surface area (Å²) in [5.41, 5.74) is 2.18. The van der Waals surface area contributed by atoms with Crippen LogP contribution < -0.4 is 5.06 Å². The van der Waals surface area contributed by atoms with Crippen molar-refractivity contribution in [2.45, 2.75) is 0 Å². The van der Waals surface area contributed by atoms with Gasteiger partial charge in [-0.05, 0) is 12.2 Å². The average Bonchev–Trinajstić information content (AvgIpc) is 2.41. The molecule has 1 aromatic carbocycles. The molecule has 0 saturated heterocycles. The highest BCUT2D eigenvalue weighted by Gasteiger charge is 2.26. The van der Waals surface area contributed by atoms with Crippen molar-refractivity contribution in [1.29, 1.82) is 0 Å². The Kier molecular flexibility index (Phi) is 2.51. The molecule has 1 aromatic rings. The normalized spacial score (nSPS) is 21.9. The lowest BCUT2D eigenvalue weighted by atomic mass is 10.0. The van der Waals surface area contributed by atoms with E-state index in [9.17, 15) is 10.0 Å². The number of amides is 1. The first-order chi connectivity index (χ1) is 8.75. The number of nitrogens with zero attached hydrogens (tertiary/aromatic N) is 1. The summed E-state index contributed by atoms with van der Waals surface area (Å²) in [5, 5.41) is 11.6. The number of dihydropyridines is 1. The molecular formula is C14H10N2O2. The summed E-state index contributed by atoms with van der Waals surface area (Å²) >= 11 is 0. The van der Waals surface area contributed by atoms with Crippen LogP contribution in [0.4, 0.5) is 0 Å². The molecule has 0 radical (unpaired) electrons. The highest BCUT2D eigenvalue weighted by molar-refractivity contribution is 6.20. The summed E-state index contributed by atoms with van der Waals surface area (Å²) in [7, 11) is 0. The van der Waals surface area contributed by atoms with Crippen molar-refractivity contribution < 1.29 is 9.86 Å². The van der Waals surface area contributed by atoms with Crippen molar-refractivity contribution in [3.63, 3.8) is 0 Å². The van der Waals surface area contributed by atoms with E-state index in [-0.39, 0.29) is 11.0 Å². The van der Waals surface area contributed by atoms with E-state index in [1.807, 2.05) is 30.3 Å². The summed E-state index contributed by atoms with van der Waals surface area (Å²) in [6.07, 6.45) is 6.34. The van der Waals surface area contributed by atoms with Crippen LogP contribution in [0.15, 0.2) is 71.0 Å². The molecule has 1 atom stereocenters. The number of benzene rings is 1. The summed E-state index contributed by atoms with van der Waals surface area (Å²) in [4.78, 5) is 15.9. The number of hydroxylamine groups is 2. The molecule has 0 aliphatic carbocycles. The van der Waals surface area contributed by atoms with Crippen LogP contribution in [0, 0.1) is 5.21 Å². The van der Waals surface area contributed by atoms with Gasteiger partial charge in [0, 0.05) is 11.6 Å². The lowest BCUT2D eigenvalue weighted by molar-refractivity contribution is -0.744. The molecule has 1 amide bonds. The Hall–Kier alpha value is -2.30. The first-order valence-electron chi connectivity index (χ1n) is 5.59. The van der Waals surface area contributed by atoms with Crippen molar-refractivity contribution in [2.24, 2.45) is 4.99 Å². The molecule has 4 heteroatoms. The van der Waals surface area contributed by atoms with Gasteiger partial charge in [0.2, 0.25) is 0 Å². The van der Waals surface area contributed by atoms with Gasteiger partial charge in [-0.15, -0.1) is 0 Å². The van der Waals surface area contributed by atoms with Gasteiger partial charge >= 0.3 is 0 Å². The Labute approximate surface area is 104 Å². The number of hydrogen-bond donors (Lipinski definition) is 1. The number of fused-ring (bicyclic) bond motifs is 1. The second-order valence-corrected chi connectivity index (χ2v) is 4.03. The molecule has 18 heavy (non-hydrogen) atoms. The Morgan fingerprint density at radius 3 is 2.72 bits per heavy atom. The number of hydrogen-bond acceptors (Lipinski definition) is 2. The minimum atomic E-state index is -0.357. The molecule has 88 valence electrons. The van der Waals surface area contributed by atoms with E-state index in [4.69, 9.17) is 0 Å². The number of allylic oxidation sites excluding steroid dienone is 3. The monoisotopic (exact) mass is 238 g/mol. The van der Waals surface area contributed by atoms with E-state index in [1.54, 1.807) is 18.2 Å². The van der Waals surface area contributed by atoms with Gasteiger partial charge in [0.25, 0.3) is 5.91 Å². The zero-order valence-electron chi connectivity index (χ0n) is 9.46. The van der Waals surface area contributed by atoms with Gasteiger partial charge in [0.1, 0.15) is 5.57 Å². The highest BCUT2D eigenvalue weighted by Crippen LogP contribution is 2.17. The van der Waals surface area contributed by atoms with Crippen LogP contribution in [0.3, 0.4) is 0 Å². The minimum Gasteiger partial charge on any atom is -0.624 e. The van der Waals surface area contributed by atoms with E-state index < -0.39 is 0 Å².